The molecule has 0 amide bonds. The Bertz CT molecular complexity index is 1180. The number of rotatable bonds is 3. The van der Waals surface area contributed by atoms with Crippen molar-refractivity contribution in [3.8, 4) is 5.75 Å². The number of carbonyl (C=O) groups is 1. The van der Waals surface area contributed by atoms with E-state index in [4.69, 9.17) is 4.74 Å². The molecule has 1 atom stereocenters. The second kappa shape index (κ2) is 6.50. The number of methoxy groups -OCH3 is 1. The van der Waals surface area contributed by atoms with Gasteiger partial charge in [0.15, 0.2) is 5.78 Å². The number of benzene rings is 1. The van der Waals surface area contributed by atoms with Gasteiger partial charge in [0.05, 0.1) is 19.0 Å². The van der Waals surface area contributed by atoms with E-state index in [1.807, 2.05) is 31.2 Å². The lowest BCUT2D eigenvalue weighted by molar-refractivity contribution is 0.0953. The largest absolute Gasteiger partial charge is 0.496 e. The minimum atomic E-state index is -0.541. The number of nitrogens with one attached hydrogen (secondary N) is 1. The molecule has 3 aromatic rings. The predicted octanol–water partition coefficient (Wildman–Crippen LogP) is 1.91. The predicted molar refractivity (Wildman–Crippen MR) is 101 cm³/mol. The molecule has 7 nitrogen and oxygen atoms in total. The van der Waals surface area contributed by atoms with Gasteiger partial charge in [-0.05, 0) is 24.0 Å². The fraction of sp³-hybridized carbons (Fsp3) is 0.300. The molecule has 2 aromatic heterocycles. The molecule has 0 unspecified atom stereocenters. The molecule has 1 aromatic carbocycles. The maximum atomic E-state index is 12.6. The fourth-order valence-corrected chi connectivity index (χ4v) is 3.75. The van der Waals surface area contributed by atoms with Gasteiger partial charge < -0.3 is 4.74 Å². The SMILES string of the molecule is COc1ccccc1Cn1c(=O)[nH]c(=O)c2c3c(cnc21)C(=O)C[C@@H](C)C3. The molecule has 7 heteroatoms. The van der Waals surface area contributed by atoms with Gasteiger partial charge in [0, 0.05) is 23.7 Å². The Morgan fingerprint density at radius 1 is 1.22 bits per heavy atom. The number of aromatic amines is 1. The minimum absolute atomic E-state index is 0.0139. The van der Waals surface area contributed by atoms with E-state index in [1.165, 1.54) is 10.8 Å². The van der Waals surface area contributed by atoms with Gasteiger partial charge in [0.25, 0.3) is 5.56 Å². The zero-order valence-electron chi connectivity index (χ0n) is 15.1. The van der Waals surface area contributed by atoms with E-state index in [-0.39, 0.29) is 23.9 Å². The molecular weight excluding hydrogens is 346 g/mol. The summed E-state index contributed by atoms with van der Waals surface area (Å²) in [5.41, 5.74) is 1.20. The lowest BCUT2D eigenvalue weighted by Crippen LogP contribution is -2.33. The number of Topliss-reactive ketones (excluding diaryl/α,β-unsaturated/α-hetero) is 1. The number of hydrogen-bond donors (Lipinski definition) is 1. The first-order valence-corrected chi connectivity index (χ1v) is 8.79. The Morgan fingerprint density at radius 3 is 2.78 bits per heavy atom. The van der Waals surface area contributed by atoms with Crippen molar-refractivity contribution in [3.63, 3.8) is 0 Å². The number of fused-ring (bicyclic) bond motifs is 3. The van der Waals surface area contributed by atoms with Crippen molar-refractivity contribution in [1.82, 2.24) is 14.5 Å². The second-order valence-electron chi connectivity index (χ2n) is 6.94. The summed E-state index contributed by atoms with van der Waals surface area (Å²) in [4.78, 5) is 44.1. The number of carbonyl (C=O) groups excluding carboxylic acids is 1. The smallest absolute Gasteiger partial charge is 0.330 e. The number of nitrogens with zero attached hydrogens (tertiary/aromatic N) is 2. The molecule has 0 fully saturated rings. The third-order valence-electron chi connectivity index (χ3n) is 5.02. The maximum absolute atomic E-state index is 12.6. The van der Waals surface area contributed by atoms with Crippen molar-refractivity contribution in [3.05, 3.63) is 68.0 Å². The van der Waals surface area contributed by atoms with E-state index in [1.54, 1.807) is 7.11 Å². The summed E-state index contributed by atoms with van der Waals surface area (Å²) in [6.07, 6.45) is 2.54. The molecule has 27 heavy (non-hydrogen) atoms. The number of H-pyrrole nitrogens is 1. The highest BCUT2D eigenvalue weighted by Crippen LogP contribution is 2.28. The van der Waals surface area contributed by atoms with Crippen LogP contribution in [0.2, 0.25) is 0 Å². The maximum Gasteiger partial charge on any atom is 0.330 e. The first kappa shape index (κ1) is 17.2. The first-order valence-electron chi connectivity index (χ1n) is 8.79. The van der Waals surface area contributed by atoms with E-state index >= 15 is 0 Å². The van der Waals surface area contributed by atoms with Crippen LogP contribution in [0.4, 0.5) is 0 Å². The van der Waals surface area contributed by atoms with Crippen LogP contribution in [-0.4, -0.2) is 27.4 Å². The first-order chi connectivity index (χ1) is 13.0. The fourth-order valence-electron chi connectivity index (χ4n) is 3.75. The number of ketones is 1. The zero-order valence-corrected chi connectivity index (χ0v) is 15.1. The van der Waals surface area contributed by atoms with E-state index in [0.717, 1.165) is 5.56 Å². The number of para-hydroxylation sites is 1. The molecule has 0 aliphatic heterocycles. The molecule has 0 bridgehead atoms. The molecule has 1 N–H and O–H groups in total. The molecule has 1 aliphatic carbocycles. The van der Waals surface area contributed by atoms with Crippen LogP contribution >= 0.6 is 0 Å². The molecule has 0 spiro atoms. The van der Waals surface area contributed by atoms with Crippen LogP contribution in [0.5, 0.6) is 5.75 Å². The number of hydrogen-bond acceptors (Lipinski definition) is 5. The van der Waals surface area contributed by atoms with Crippen molar-refractivity contribution >= 4 is 16.8 Å². The van der Waals surface area contributed by atoms with E-state index in [2.05, 4.69) is 9.97 Å². The Morgan fingerprint density at radius 2 is 2.00 bits per heavy atom. The van der Waals surface area contributed by atoms with Gasteiger partial charge in [-0.3, -0.25) is 19.1 Å². The van der Waals surface area contributed by atoms with E-state index < -0.39 is 11.2 Å². The normalized spacial score (nSPS) is 16.4. The number of ether oxygens (including phenoxy) is 1. The van der Waals surface area contributed by atoms with Gasteiger partial charge in [-0.1, -0.05) is 25.1 Å². The zero-order chi connectivity index (χ0) is 19.1. The summed E-state index contributed by atoms with van der Waals surface area (Å²) in [6, 6.07) is 7.36. The molecule has 0 saturated heterocycles. The van der Waals surface area contributed by atoms with Gasteiger partial charge >= 0.3 is 5.69 Å². The van der Waals surface area contributed by atoms with Crippen molar-refractivity contribution in [2.75, 3.05) is 7.11 Å². The summed E-state index contributed by atoms with van der Waals surface area (Å²) in [5, 5.41) is 0.321. The average molecular weight is 365 g/mol. The van der Waals surface area contributed by atoms with E-state index in [9.17, 15) is 14.4 Å². The van der Waals surface area contributed by atoms with Crippen LogP contribution in [0, 0.1) is 5.92 Å². The summed E-state index contributed by atoms with van der Waals surface area (Å²) in [7, 11) is 1.56. The lowest BCUT2D eigenvalue weighted by atomic mass is 9.84. The second-order valence-corrected chi connectivity index (χ2v) is 6.94. The highest BCUT2D eigenvalue weighted by Gasteiger charge is 2.27. The Labute approximate surface area is 154 Å². The molecule has 2 heterocycles. The van der Waals surface area contributed by atoms with Gasteiger partial charge in [-0.25, -0.2) is 9.78 Å². The lowest BCUT2D eigenvalue weighted by Gasteiger charge is -2.22. The van der Waals surface area contributed by atoms with E-state index in [0.29, 0.717) is 35.1 Å². The molecule has 4 rings (SSSR count). The topological polar surface area (TPSA) is 94.1 Å². The third-order valence-corrected chi connectivity index (χ3v) is 5.02. The molecular formula is C20H19N3O4. The quantitative estimate of drug-likeness (QED) is 0.765. The number of pyridine rings is 1. The van der Waals surface area contributed by atoms with Gasteiger partial charge in [0.2, 0.25) is 0 Å². The monoisotopic (exact) mass is 365 g/mol. The third kappa shape index (κ3) is 2.85. The molecule has 138 valence electrons. The summed E-state index contributed by atoms with van der Waals surface area (Å²) >= 11 is 0. The van der Waals surface area contributed by atoms with Crippen molar-refractivity contribution in [2.45, 2.75) is 26.3 Å². The van der Waals surface area contributed by atoms with Gasteiger partial charge in [-0.15, -0.1) is 0 Å². The van der Waals surface area contributed by atoms with Crippen LogP contribution in [0.1, 0.15) is 34.8 Å². The summed E-state index contributed by atoms with van der Waals surface area (Å²) in [6.45, 7) is 2.18. The highest BCUT2D eigenvalue weighted by molar-refractivity contribution is 6.02. The summed E-state index contributed by atoms with van der Waals surface area (Å²) < 4.78 is 6.77. The molecule has 0 radical (unpaired) electrons. The Hall–Kier alpha value is -3.22. The molecule has 0 saturated carbocycles. The highest BCUT2D eigenvalue weighted by atomic mass is 16.5. The van der Waals surface area contributed by atoms with Crippen molar-refractivity contribution in [2.24, 2.45) is 5.92 Å². The van der Waals surface area contributed by atoms with Crippen molar-refractivity contribution < 1.29 is 9.53 Å². The van der Waals surface area contributed by atoms with Crippen LogP contribution in [-0.2, 0) is 13.0 Å². The molecule has 1 aliphatic rings. The average Bonchev–Trinajstić information content (AvgIpc) is 2.64. The standard InChI is InChI=1S/C20H19N3O4/c1-11-7-13-14(15(24)8-11)9-21-18-17(13)19(25)22-20(26)23(18)10-12-5-3-4-6-16(12)27-2/h3-6,9,11H,7-8,10H2,1-2H3,(H,22,25,26)/t11-/m0/s1. The van der Waals surface area contributed by atoms with Gasteiger partial charge in [-0.2, -0.15) is 0 Å². The van der Waals surface area contributed by atoms with Crippen LogP contribution in [0.25, 0.3) is 11.0 Å². The van der Waals surface area contributed by atoms with Crippen LogP contribution in [0.15, 0.2) is 40.1 Å². The van der Waals surface area contributed by atoms with Crippen molar-refractivity contribution in [1.29, 1.82) is 0 Å². The van der Waals surface area contributed by atoms with Gasteiger partial charge in [0.1, 0.15) is 11.4 Å². The Balaban J connectivity index is 1.97. The van der Waals surface area contributed by atoms with Crippen LogP contribution < -0.4 is 16.0 Å². The summed E-state index contributed by atoms with van der Waals surface area (Å²) in [5.74, 6) is 0.773. The minimum Gasteiger partial charge on any atom is -0.496 e. The Kier molecular flexibility index (Phi) is 4.14. The number of aromatic nitrogens is 3. The van der Waals surface area contributed by atoms with Crippen LogP contribution in [0.3, 0.4) is 0 Å².